The molecule has 0 spiro atoms. The Morgan fingerprint density at radius 3 is 2.89 bits per heavy atom. The molecule has 0 saturated carbocycles. The Morgan fingerprint density at radius 1 is 1.39 bits per heavy atom. The minimum Gasteiger partial charge on any atom is -0.488 e. The summed E-state index contributed by atoms with van der Waals surface area (Å²) in [5.74, 6) is 0.285. The summed E-state index contributed by atoms with van der Waals surface area (Å²) >= 11 is 7.31. The topological polar surface area (TPSA) is 35.5 Å². The molecule has 0 unspecified atom stereocenters. The zero-order chi connectivity index (χ0) is 13.0. The van der Waals surface area contributed by atoms with Crippen molar-refractivity contribution in [3.05, 3.63) is 51.2 Å². The lowest BCUT2D eigenvalue weighted by molar-refractivity contribution is 0.0606. The standard InChI is InChI=1S/C13H11ClO3S/c1-16-13(15)12-6-10(8-18-12)17-7-9-4-2-3-5-11(9)14/h2-6,8H,7H2,1H3. The molecule has 1 aromatic carbocycles. The number of hydrogen-bond donors (Lipinski definition) is 0. The van der Waals surface area contributed by atoms with Crippen LogP contribution in [0.15, 0.2) is 35.7 Å². The highest BCUT2D eigenvalue weighted by Gasteiger charge is 2.10. The highest BCUT2D eigenvalue weighted by molar-refractivity contribution is 7.12. The van der Waals surface area contributed by atoms with Gasteiger partial charge < -0.3 is 9.47 Å². The molecule has 1 aromatic heterocycles. The predicted octanol–water partition coefficient (Wildman–Crippen LogP) is 3.77. The zero-order valence-electron chi connectivity index (χ0n) is 9.68. The summed E-state index contributed by atoms with van der Waals surface area (Å²) in [7, 11) is 1.35. The van der Waals surface area contributed by atoms with Gasteiger partial charge in [0.15, 0.2) is 0 Å². The molecule has 0 radical (unpaired) electrons. The quantitative estimate of drug-likeness (QED) is 0.801. The van der Waals surface area contributed by atoms with Gasteiger partial charge in [0.05, 0.1) is 7.11 Å². The van der Waals surface area contributed by atoms with Gasteiger partial charge in [-0.3, -0.25) is 0 Å². The summed E-state index contributed by atoms with van der Waals surface area (Å²) in [6.45, 7) is 0.372. The van der Waals surface area contributed by atoms with Crippen LogP contribution in [0.25, 0.3) is 0 Å². The van der Waals surface area contributed by atoms with Gasteiger partial charge >= 0.3 is 5.97 Å². The third-order valence-corrected chi connectivity index (χ3v) is 3.57. The molecule has 0 saturated heterocycles. The van der Waals surface area contributed by atoms with E-state index in [0.717, 1.165) is 5.56 Å². The number of esters is 1. The van der Waals surface area contributed by atoms with Crippen molar-refractivity contribution in [2.75, 3.05) is 7.11 Å². The average Bonchev–Trinajstić information content (AvgIpc) is 2.86. The van der Waals surface area contributed by atoms with Crippen LogP contribution in [0.2, 0.25) is 5.02 Å². The molecule has 3 nitrogen and oxygen atoms in total. The zero-order valence-corrected chi connectivity index (χ0v) is 11.3. The van der Waals surface area contributed by atoms with E-state index in [9.17, 15) is 4.79 Å². The number of methoxy groups -OCH3 is 1. The first-order valence-corrected chi connectivity index (χ1v) is 6.49. The van der Waals surface area contributed by atoms with Crippen molar-refractivity contribution in [1.29, 1.82) is 0 Å². The number of carbonyl (C=O) groups is 1. The molecule has 5 heteroatoms. The molecule has 0 aliphatic rings. The van der Waals surface area contributed by atoms with Gasteiger partial charge in [0, 0.05) is 22.0 Å². The lowest BCUT2D eigenvalue weighted by Gasteiger charge is -2.05. The molecule has 0 aliphatic heterocycles. The highest BCUT2D eigenvalue weighted by Crippen LogP contribution is 2.24. The van der Waals surface area contributed by atoms with Crippen molar-refractivity contribution < 1.29 is 14.3 Å². The van der Waals surface area contributed by atoms with Gasteiger partial charge in [-0.15, -0.1) is 11.3 Å². The largest absolute Gasteiger partial charge is 0.488 e. The van der Waals surface area contributed by atoms with E-state index in [-0.39, 0.29) is 5.97 Å². The second-order valence-electron chi connectivity index (χ2n) is 3.52. The van der Waals surface area contributed by atoms with Crippen LogP contribution in [0.5, 0.6) is 5.75 Å². The van der Waals surface area contributed by atoms with Gasteiger partial charge in [-0.1, -0.05) is 29.8 Å². The molecule has 0 bridgehead atoms. The fourth-order valence-corrected chi connectivity index (χ4v) is 2.31. The summed E-state index contributed by atoms with van der Waals surface area (Å²) in [4.78, 5) is 11.8. The monoisotopic (exact) mass is 282 g/mol. The Labute approximate surface area is 114 Å². The molecule has 18 heavy (non-hydrogen) atoms. The lowest BCUT2D eigenvalue weighted by Crippen LogP contribution is -1.98. The summed E-state index contributed by atoms with van der Waals surface area (Å²) < 4.78 is 10.2. The first kappa shape index (κ1) is 12.9. The van der Waals surface area contributed by atoms with E-state index in [1.807, 2.05) is 24.3 Å². The van der Waals surface area contributed by atoms with Crippen LogP contribution in [0, 0.1) is 0 Å². The number of rotatable bonds is 4. The van der Waals surface area contributed by atoms with Gasteiger partial charge in [-0.2, -0.15) is 0 Å². The first-order valence-electron chi connectivity index (χ1n) is 5.24. The van der Waals surface area contributed by atoms with Crippen molar-refractivity contribution in [3.63, 3.8) is 0 Å². The number of ether oxygens (including phenoxy) is 2. The van der Waals surface area contributed by atoms with Crippen molar-refractivity contribution in [3.8, 4) is 5.75 Å². The van der Waals surface area contributed by atoms with E-state index in [2.05, 4.69) is 4.74 Å². The molecule has 0 atom stereocenters. The molecule has 2 aromatic rings. The van der Waals surface area contributed by atoms with E-state index in [1.54, 1.807) is 11.4 Å². The van der Waals surface area contributed by atoms with Gasteiger partial charge in [0.1, 0.15) is 17.2 Å². The molecular weight excluding hydrogens is 272 g/mol. The molecule has 0 N–H and O–H groups in total. The van der Waals surface area contributed by atoms with E-state index >= 15 is 0 Å². The number of carbonyl (C=O) groups excluding carboxylic acids is 1. The fraction of sp³-hybridized carbons (Fsp3) is 0.154. The fourth-order valence-electron chi connectivity index (χ4n) is 1.38. The minimum atomic E-state index is -0.354. The molecule has 1 heterocycles. The van der Waals surface area contributed by atoms with E-state index in [4.69, 9.17) is 16.3 Å². The molecule has 2 rings (SSSR count). The molecular formula is C13H11ClO3S. The van der Waals surface area contributed by atoms with Crippen LogP contribution in [-0.4, -0.2) is 13.1 Å². The summed E-state index contributed by atoms with van der Waals surface area (Å²) in [6.07, 6.45) is 0. The van der Waals surface area contributed by atoms with Gasteiger partial charge in [0.2, 0.25) is 0 Å². The van der Waals surface area contributed by atoms with Crippen LogP contribution < -0.4 is 4.74 Å². The Kier molecular flexibility index (Phi) is 4.23. The van der Waals surface area contributed by atoms with Crippen molar-refractivity contribution in [1.82, 2.24) is 0 Å². The Balaban J connectivity index is 2.01. The first-order chi connectivity index (χ1) is 8.70. The van der Waals surface area contributed by atoms with Crippen LogP contribution in [-0.2, 0) is 11.3 Å². The second kappa shape index (κ2) is 5.89. The summed E-state index contributed by atoms with van der Waals surface area (Å²) in [6, 6.07) is 9.14. The van der Waals surface area contributed by atoms with Crippen LogP contribution in [0.3, 0.4) is 0 Å². The Bertz CT molecular complexity index is 551. The Morgan fingerprint density at radius 2 is 2.17 bits per heavy atom. The maximum absolute atomic E-state index is 11.3. The number of hydrogen-bond acceptors (Lipinski definition) is 4. The maximum atomic E-state index is 11.3. The third-order valence-electron chi connectivity index (χ3n) is 2.31. The number of thiophene rings is 1. The van der Waals surface area contributed by atoms with E-state index in [0.29, 0.717) is 22.3 Å². The highest BCUT2D eigenvalue weighted by atomic mass is 35.5. The van der Waals surface area contributed by atoms with Crippen LogP contribution in [0.1, 0.15) is 15.2 Å². The second-order valence-corrected chi connectivity index (χ2v) is 4.84. The lowest BCUT2D eigenvalue weighted by atomic mass is 10.2. The predicted molar refractivity (Wildman–Crippen MR) is 71.4 cm³/mol. The van der Waals surface area contributed by atoms with E-state index in [1.165, 1.54) is 18.4 Å². The third kappa shape index (κ3) is 3.03. The van der Waals surface area contributed by atoms with Gasteiger partial charge in [-0.25, -0.2) is 4.79 Å². The van der Waals surface area contributed by atoms with Crippen LogP contribution >= 0.6 is 22.9 Å². The summed E-state index contributed by atoms with van der Waals surface area (Å²) in [5.41, 5.74) is 0.907. The normalized spacial score (nSPS) is 10.1. The van der Waals surface area contributed by atoms with Crippen LogP contribution in [0.4, 0.5) is 0 Å². The molecule has 0 fully saturated rings. The minimum absolute atomic E-state index is 0.354. The summed E-state index contributed by atoms with van der Waals surface area (Å²) in [5, 5.41) is 2.43. The SMILES string of the molecule is COC(=O)c1cc(OCc2ccccc2Cl)cs1. The molecule has 0 aliphatic carbocycles. The van der Waals surface area contributed by atoms with Gasteiger partial charge in [0.25, 0.3) is 0 Å². The molecule has 94 valence electrons. The number of halogens is 1. The van der Waals surface area contributed by atoms with Crippen molar-refractivity contribution in [2.24, 2.45) is 0 Å². The average molecular weight is 283 g/mol. The van der Waals surface area contributed by atoms with Crippen molar-refractivity contribution >= 4 is 28.9 Å². The smallest absolute Gasteiger partial charge is 0.348 e. The van der Waals surface area contributed by atoms with Gasteiger partial charge in [-0.05, 0) is 6.07 Å². The maximum Gasteiger partial charge on any atom is 0.348 e. The molecule has 0 amide bonds. The number of benzene rings is 1. The Hall–Kier alpha value is -1.52. The van der Waals surface area contributed by atoms with E-state index < -0.39 is 0 Å². The van der Waals surface area contributed by atoms with Crippen molar-refractivity contribution in [2.45, 2.75) is 6.61 Å².